The maximum absolute atomic E-state index is 10.6. The first-order valence-electron chi connectivity index (χ1n) is 3.54. The van der Waals surface area contributed by atoms with Crippen LogP contribution in [0, 0.1) is 0 Å². The van der Waals surface area contributed by atoms with Gasteiger partial charge in [-0.2, -0.15) is 0 Å². The Kier molecular flexibility index (Phi) is 9.57. The van der Waals surface area contributed by atoms with E-state index in [0.29, 0.717) is 6.61 Å². The predicted octanol–water partition coefficient (Wildman–Crippen LogP) is 1.23. The van der Waals surface area contributed by atoms with Gasteiger partial charge in [0.1, 0.15) is 0 Å². The van der Waals surface area contributed by atoms with Crippen LogP contribution in [0.15, 0.2) is 0 Å². The monoisotopic (exact) mass is 196 g/mol. The van der Waals surface area contributed by atoms with E-state index in [1.165, 1.54) is 0 Å². The Balaban J connectivity index is 0. The van der Waals surface area contributed by atoms with Gasteiger partial charge in [0.15, 0.2) is 0 Å². The Bertz CT molecular complexity index is 146. The molecular weight excluding hydrogens is 184 g/mol. The molecule has 0 atom stereocenters. The Morgan fingerprint density at radius 3 is 2.33 bits per heavy atom. The standard InChI is InChI=1S/C7H12O4.ClH/c1-2-5-11-7(10)4-3-6(8)9;/h2-5H2,1H3,(H,8,9);1H. The zero-order valence-electron chi connectivity index (χ0n) is 6.91. The van der Waals surface area contributed by atoms with Crippen molar-refractivity contribution < 1.29 is 19.4 Å². The number of carboxylic acids is 1. The zero-order valence-corrected chi connectivity index (χ0v) is 7.73. The fraction of sp³-hybridized carbons (Fsp3) is 0.714. The number of carboxylic acid groups (broad SMARTS) is 1. The SMILES string of the molecule is CCCOC(=O)CCC(=O)O.Cl. The molecule has 0 aromatic rings. The summed E-state index contributed by atoms with van der Waals surface area (Å²) < 4.78 is 4.64. The van der Waals surface area contributed by atoms with Gasteiger partial charge in [-0.1, -0.05) is 6.92 Å². The van der Waals surface area contributed by atoms with Gasteiger partial charge >= 0.3 is 11.9 Å². The predicted molar refractivity (Wildman–Crippen MR) is 45.4 cm³/mol. The van der Waals surface area contributed by atoms with E-state index >= 15 is 0 Å². The molecular formula is C7H13ClO4. The third kappa shape index (κ3) is 9.23. The molecule has 0 fully saturated rings. The molecule has 0 rings (SSSR count). The van der Waals surface area contributed by atoms with Crippen molar-refractivity contribution in [3.8, 4) is 0 Å². The van der Waals surface area contributed by atoms with Gasteiger partial charge in [-0.05, 0) is 6.42 Å². The van der Waals surface area contributed by atoms with Gasteiger partial charge in [-0.15, -0.1) is 12.4 Å². The van der Waals surface area contributed by atoms with Gasteiger partial charge in [0.25, 0.3) is 0 Å². The van der Waals surface area contributed by atoms with Crippen LogP contribution in [0.4, 0.5) is 0 Å². The molecule has 12 heavy (non-hydrogen) atoms. The number of aliphatic carboxylic acids is 1. The summed E-state index contributed by atoms with van der Waals surface area (Å²) in [5.74, 6) is -1.41. The van der Waals surface area contributed by atoms with Crippen LogP contribution in [0.25, 0.3) is 0 Å². The lowest BCUT2D eigenvalue weighted by molar-refractivity contribution is -0.147. The lowest BCUT2D eigenvalue weighted by Crippen LogP contribution is -2.07. The van der Waals surface area contributed by atoms with Crippen molar-refractivity contribution in [2.24, 2.45) is 0 Å². The second kappa shape index (κ2) is 8.33. The molecule has 0 bridgehead atoms. The molecule has 72 valence electrons. The summed E-state index contributed by atoms with van der Waals surface area (Å²) in [6.45, 7) is 2.25. The number of esters is 1. The summed E-state index contributed by atoms with van der Waals surface area (Å²) >= 11 is 0. The Morgan fingerprint density at radius 2 is 1.92 bits per heavy atom. The molecule has 0 aliphatic heterocycles. The molecule has 0 aromatic carbocycles. The van der Waals surface area contributed by atoms with E-state index < -0.39 is 11.9 Å². The summed E-state index contributed by atoms with van der Waals surface area (Å²) in [6.07, 6.45) is 0.580. The largest absolute Gasteiger partial charge is 0.481 e. The highest BCUT2D eigenvalue weighted by Gasteiger charge is 2.04. The highest BCUT2D eigenvalue weighted by Crippen LogP contribution is 1.93. The molecule has 0 amide bonds. The van der Waals surface area contributed by atoms with Crippen molar-refractivity contribution in [3.05, 3.63) is 0 Å². The van der Waals surface area contributed by atoms with E-state index in [1.54, 1.807) is 0 Å². The van der Waals surface area contributed by atoms with Gasteiger partial charge in [0, 0.05) is 0 Å². The van der Waals surface area contributed by atoms with Crippen LogP contribution in [-0.2, 0) is 14.3 Å². The minimum Gasteiger partial charge on any atom is -0.481 e. The van der Waals surface area contributed by atoms with E-state index in [0.717, 1.165) is 6.42 Å². The van der Waals surface area contributed by atoms with E-state index in [2.05, 4.69) is 4.74 Å². The highest BCUT2D eigenvalue weighted by molar-refractivity contribution is 5.85. The van der Waals surface area contributed by atoms with Crippen LogP contribution in [0.1, 0.15) is 26.2 Å². The van der Waals surface area contributed by atoms with Crippen LogP contribution in [-0.4, -0.2) is 23.7 Å². The normalized spacial score (nSPS) is 8.42. The van der Waals surface area contributed by atoms with Crippen LogP contribution in [0.3, 0.4) is 0 Å². The van der Waals surface area contributed by atoms with E-state index in [4.69, 9.17) is 5.11 Å². The third-order valence-electron chi connectivity index (χ3n) is 1.01. The maximum Gasteiger partial charge on any atom is 0.306 e. The molecule has 0 saturated heterocycles. The van der Waals surface area contributed by atoms with Gasteiger partial charge in [-0.25, -0.2) is 0 Å². The molecule has 0 spiro atoms. The Hall–Kier alpha value is -0.770. The summed E-state index contributed by atoms with van der Waals surface area (Å²) in [5.41, 5.74) is 0. The minimum absolute atomic E-state index is 0. The third-order valence-corrected chi connectivity index (χ3v) is 1.01. The van der Waals surface area contributed by atoms with Crippen LogP contribution in [0.5, 0.6) is 0 Å². The lowest BCUT2D eigenvalue weighted by atomic mass is 10.3. The van der Waals surface area contributed by atoms with Crippen molar-refractivity contribution in [2.45, 2.75) is 26.2 Å². The number of halogens is 1. The molecule has 1 N–H and O–H groups in total. The lowest BCUT2D eigenvalue weighted by Gasteiger charge is -1.99. The number of hydrogen-bond acceptors (Lipinski definition) is 3. The van der Waals surface area contributed by atoms with Crippen LogP contribution >= 0.6 is 12.4 Å². The van der Waals surface area contributed by atoms with Crippen molar-refractivity contribution in [3.63, 3.8) is 0 Å². The average molecular weight is 197 g/mol. The Morgan fingerprint density at radius 1 is 1.33 bits per heavy atom. The molecule has 0 aliphatic carbocycles. The number of rotatable bonds is 5. The summed E-state index contributed by atoms with van der Waals surface area (Å²) in [5, 5.41) is 8.18. The molecule has 0 saturated carbocycles. The number of hydrogen-bond donors (Lipinski definition) is 1. The van der Waals surface area contributed by atoms with E-state index in [1.807, 2.05) is 6.92 Å². The fourth-order valence-corrected chi connectivity index (χ4v) is 0.497. The summed E-state index contributed by atoms with van der Waals surface area (Å²) in [4.78, 5) is 20.6. The maximum atomic E-state index is 10.6. The summed E-state index contributed by atoms with van der Waals surface area (Å²) in [6, 6.07) is 0. The number of carbonyl (C=O) groups is 2. The highest BCUT2D eigenvalue weighted by atomic mass is 35.5. The first-order chi connectivity index (χ1) is 5.16. The Labute approximate surface area is 77.3 Å². The van der Waals surface area contributed by atoms with Gasteiger partial charge in [-0.3, -0.25) is 9.59 Å². The van der Waals surface area contributed by atoms with Crippen molar-refractivity contribution in [2.75, 3.05) is 6.61 Å². The molecule has 4 nitrogen and oxygen atoms in total. The second-order valence-corrected chi connectivity index (χ2v) is 2.11. The van der Waals surface area contributed by atoms with Gasteiger partial charge in [0.2, 0.25) is 0 Å². The van der Waals surface area contributed by atoms with E-state index in [9.17, 15) is 9.59 Å². The van der Waals surface area contributed by atoms with Crippen molar-refractivity contribution >= 4 is 24.3 Å². The van der Waals surface area contributed by atoms with Crippen LogP contribution in [0.2, 0.25) is 0 Å². The molecule has 0 aromatic heterocycles. The topological polar surface area (TPSA) is 63.6 Å². The fourth-order valence-electron chi connectivity index (χ4n) is 0.497. The van der Waals surface area contributed by atoms with Gasteiger partial charge < -0.3 is 9.84 Å². The quantitative estimate of drug-likeness (QED) is 0.672. The smallest absolute Gasteiger partial charge is 0.306 e. The molecule has 0 aliphatic rings. The number of ether oxygens (including phenoxy) is 1. The minimum atomic E-state index is -0.974. The van der Waals surface area contributed by atoms with Crippen LogP contribution < -0.4 is 0 Å². The molecule has 0 unspecified atom stereocenters. The van der Waals surface area contributed by atoms with Gasteiger partial charge in [0.05, 0.1) is 19.4 Å². The first kappa shape index (κ1) is 13.8. The molecule has 5 heteroatoms. The summed E-state index contributed by atoms with van der Waals surface area (Å²) in [7, 11) is 0. The average Bonchev–Trinajstić information content (AvgIpc) is 1.97. The van der Waals surface area contributed by atoms with Crippen molar-refractivity contribution in [1.82, 2.24) is 0 Å². The van der Waals surface area contributed by atoms with Crippen molar-refractivity contribution in [1.29, 1.82) is 0 Å². The second-order valence-electron chi connectivity index (χ2n) is 2.11. The van der Waals surface area contributed by atoms with E-state index in [-0.39, 0.29) is 25.2 Å². The zero-order chi connectivity index (χ0) is 8.69. The first-order valence-corrected chi connectivity index (χ1v) is 3.54. The number of carbonyl (C=O) groups excluding carboxylic acids is 1. The molecule has 0 radical (unpaired) electrons. The molecule has 0 heterocycles.